The quantitative estimate of drug-likeness (QED) is 0.651. The third kappa shape index (κ3) is 1.68. The maximum absolute atomic E-state index is 12.9. The average Bonchev–Trinajstić information content (AvgIpc) is 2.47. The van der Waals surface area contributed by atoms with Gasteiger partial charge in [0, 0.05) is 22.0 Å². The van der Waals surface area contributed by atoms with Crippen molar-refractivity contribution in [3.63, 3.8) is 0 Å². The predicted molar refractivity (Wildman–Crippen MR) is 57.0 cm³/mol. The Labute approximate surface area is 86.2 Å². The Kier molecular flexibility index (Phi) is 2.33. The second-order valence-electron chi connectivity index (χ2n) is 3.22. The van der Waals surface area contributed by atoms with Crippen molar-refractivity contribution < 1.29 is 4.39 Å². The van der Waals surface area contributed by atoms with Crippen LogP contribution in [-0.2, 0) is 0 Å². The van der Waals surface area contributed by atoms with E-state index < -0.39 is 5.95 Å². The van der Waals surface area contributed by atoms with Crippen molar-refractivity contribution in [3.8, 4) is 10.4 Å². The number of halogens is 1. The fourth-order valence-electron chi connectivity index (χ4n) is 1.27. The van der Waals surface area contributed by atoms with E-state index in [1.165, 1.54) is 22.7 Å². The fourth-order valence-corrected chi connectivity index (χ4v) is 2.30. The lowest BCUT2D eigenvalue weighted by Crippen LogP contribution is -1.80. The normalized spacial score (nSPS) is 10.5. The number of aryl methyl sites for hydroxylation is 2. The maximum Gasteiger partial charge on any atom is 0.213 e. The number of nitrogens with zero attached hydrogens (tertiary/aromatic N) is 1. The van der Waals surface area contributed by atoms with Gasteiger partial charge in [-0.15, -0.1) is 11.3 Å². The zero-order valence-corrected chi connectivity index (χ0v) is 8.86. The molecule has 0 fully saturated rings. The number of rotatable bonds is 1. The standard InChI is InChI=1S/C11H10FNS/c1-7-5-10(14-8(7)2)9-3-4-13-11(12)6-9/h3-6H,1-2H3. The molecule has 3 heteroatoms. The molecule has 2 rings (SSSR count). The molecule has 0 atom stereocenters. The molecule has 72 valence electrons. The van der Waals surface area contributed by atoms with Gasteiger partial charge < -0.3 is 0 Å². The molecule has 0 spiro atoms. The minimum atomic E-state index is -0.425. The molecule has 2 aromatic heterocycles. The van der Waals surface area contributed by atoms with E-state index >= 15 is 0 Å². The Morgan fingerprint density at radius 2 is 2.07 bits per heavy atom. The highest BCUT2D eigenvalue weighted by Crippen LogP contribution is 2.30. The second kappa shape index (κ2) is 3.50. The Bertz CT molecular complexity index is 443. The van der Waals surface area contributed by atoms with Crippen LogP contribution in [0.1, 0.15) is 10.4 Å². The van der Waals surface area contributed by atoms with E-state index in [0.717, 1.165) is 10.4 Å². The van der Waals surface area contributed by atoms with Gasteiger partial charge in [0.25, 0.3) is 0 Å². The van der Waals surface area contributed by atoms with Crippen molar-refractivity contribution in [2.75, 3.05) is 0 Å². The van der Waals surface area contributed by atoms with Crippen LogP contribution in [-0.4, -0.2) is 4.98 Å². The lowest BCUT2D eigenvalue weighted by Gasteiger charge is -1.95. The number of thiophene rings is 1. The monoisotopic (exact) mass is 207 g/mol. The first-order valence-corrected chi connectivity index (χ1v) is 5.17. The lowest BCUT2D eigenvalue weighted by atomic mass is 10.2. The minimum Gasteiger partial charge on any atom is -0.228 e. The maximum atomic E-state index is 12.9. The zero-order valence-electron chi connectivity index (χ0n) is 8.04. The second-order valence-corrected chi connectivity index (χ2v) is 4.47. The molecular formula is C11H10FNS. The summed E-state index contributed by atoms with van der Waals surface area (Å²) in [5.41, 5.74) is 2.15. The van der Waals surface area contributed by atoms with Crippen LogP contribution in [0.2, 0.25) is 0 Å². The van der Waals surface area contributed by atoms with Crippen molar-refractivity contribution in [2.45, 2.75) is 13.8 Å². The Morgan fingerprint density at radius 3 is 2.64 bits per heavy atom. The van der Waals surface area contributed by atoms with Crippen molar-refractivity contribution in [3.05, 3.63) is 40.8 Å². The van der Waals surface area contributed by atoms with E-state index in [1.807, 2.05) is 6.07 Å². The van der Waals surface area contributed by atoms with Crippen LogP contribution >= 0.6 is 11.3 Å². The molecule has 0 saturated heterocycles. The van der Waals surface area contributed by atoms with Gasteiger partial charge in [0.1, 0.15) is 0 Å². The van der Waals surface area contributed by atoms with E-state index in [2.05, 4.69) is 24.9 Å². The number of pyridine rings is 1. The molecule has 0 aliphatic carbocycles. The molecule has 2 aromatic rings. The van der Waals surface area contributed by atoms with Crippen LogP contribution in [0.15, 0.2) is 24.4 Å². The molecule has 0 aliphatic rings. The summed E-state index contributed by atoms with van der Waals surface area (Å²) in [5, 5.41) is 0. The van der Waals surface area contributed by atoms with Gasteiger partial charge in [0.15, 0.2) is 0 Å². The highest BCUT2D eigenvalue weighted by atomic mass is 32.1. The van der Waals surface area contributed by atoms with Crippen molar-refractivity contribution in [1.82, 2.24) is 4.98 Å². The fraction of sp³-hybridized carbons (Fsp3) is 0.182. The van der Waals surface area contributed by atoms with Crippen LogP contribution in [0, 0.1) is 19.8 Å². The van der Waals surface area contributed by atoms with Crippen LogP contribution in [0.5, 0.6) is 0 Å². The van der Waals surface area contributed by atoms with Gasteiger partial charge in [0.05, 0.1) is 0 Å². The van der Waals surface area contributed by atoms with E-state index in [-0.39, 0.29) is 0 Å². The summed E-state index contributed by atoms with van der Waals surface area (Å²) < 4.78 is 12.9. The van der Waals surface area contributed by atoms with E-state index in [9.17, 15) is 4.39 Å². The predicted octanol–water partition coefficient (Wildman–Crippen LogP) is 3.57. The molecule has 2 heterocycles. The molecule has 1 nitrogen and oxygen atoms in total. The van der Waals surface area contributed by atoms with Crippen LogP contribution in [0.3, 0.4) is 0 Å². The van der Waals surface area contributed by atoms with Gasteiger partial charge in [0.2, 0.25) is 5.95 Å². The molecule has 0 aromatic carbocycles. The van der Waals surface area contributed by atoms with Crippen LogP contribution < -0.4 is 0 Å². The van der Waals surface area contributed by atoms with Gasteiger partial charge in [-0.3, -0.25) is 0 Å². The zero-order chi connectivity index (χ0) is 10.1. The van der Waals surface area contributed by atoms with E-state index in [4.69, 9.17) is 0 Å². The summed E-state index contributed by atoms with van der Waals surface area (Å²) in [5.74, 6) is -0.425. The largest absolute Gasteiger partial charge is 0.228 e. The topological polar surface area (TPSA) is 12.9 Å². The van der Waals surface area contributed by atoms with Gasteiger partial charge in [-0.1, -0.05) is 0 Å². The summed E-state index contributed by atoms with van der Waals surface area (Å²) >= 11 is 1.68. The highest BCUT2D eigenvalue weighted by molar-refractivity contribution is 7.15. The summed E-state index contributed by atoms with van der Waals surface area (Å²) in [6.07, 6.45) is 1.50. The lowest BCUT2D eigenvalue weighted by molar-refractivity contribution is 0.584. The molecule has 14 heavy (non-hydrogen) atoms. The average molecular weight is 207 g/mol. The Hall–Kier alpha value is -1.22. The van der Waals surface area contributed by atoms with Gasteiger partial charge in [-0.05, 0) is 37.1 Å². The van der Waals surface area contributed by atoms with Gasteiger partial charge in [-0.25, -0.2) is 4.98 Å². The summed E-state index contributed by atoms with van der Waals surface area (Å²) in [6, 6.07) is 5.37. The first-order chi connectivity index (χ1) is 6.66. The minimum absolute atomic E-state index is 0.425. The van der Waals surface area contributed by atoms with Crippen LogP contribution in [0.4, 0.5) is 4.39 Å². The van der Waals surface area contributed by atoms with Gasteiger partial charge >= 0.3 is 0 Å². The van der Waals surface area contributed by atoms with E-state index in [0.29, 0.717) is 0 Å². The molecule has 0 radical (unpaired) electrons. The van der Waals surface area contributed by atoms with Crippen molar-refractivity contribution in [1.29, 1.82) is 0 Å². The summed E-state index contributed by atoms with van der Waals surface area (Å²) in [7, 11) is 0. The van der Waals surface area contributed by atoms with Crippen LogP contribution in [0.25, 0.3) is 10.4 Å². The molecule has 0 aliphatic heterocycles. The third-order valence-electron chi connectivity index (χ3n) is 2.18. The smallest absolute Gasteiger partial charge is 0.213 e. The van der Waals surface area contributed by atoms with E-state index in [1.54, 1.807) is 11.3 Å². The SMILES string of the molecule is Cc1cc(-c2ccnc(F)c2)sc1C. The van der Waals surface area contributed by atoms with Crippen molar-refractivity contribution >= 4 is 11.3 Å². The molecule has 0 N–H and O–H groups in total. The molecule has 0 amide bonds. The summed E-state index contributed by atoms with van der Waals surface area (Å²) in [4.78, 5) is 5.91. The molecule has 0 unspecified atom stereocenters. The van der Waals surface area contributed by atoms with Crippen molar-refractivity contribution in [2.24, 2.45) is 0 Å². The highest BCUT2D eigenvalue weighted by Gasteiger charge is 2.04. The number of aromatic nitrogens is 1. The molecule has 0 bridgehead atoms. The Morgan fingerprint density at radius 1 is 1.29 bits per heavy atom. The summed E-state index contributed by atoms with van der Waals surface area (Å²) in [6.45, 7) is 4.13. The third-order valence-corrected chi connectivity index (χ3v) is 3.38. The number of hydrogen-bond acceptors (Lipinski definition) is 2. The first kappa shape index (κ1) is 9.34. The first-order valence-electron chi connectivity index (χ1n) is 4.36. The Balaban J connectivity index is 2.49. The molecule has 0 saturated carbocycles. The van der Waals surface area contributed by atoms with Gasteiger partial charge in [-0.2, -0.15) is 4.39 Å². The number of hydrogen-bond donors (Lipinski definition) is 0. The molecular weight excluding hydrogens is 197 g/mol.